The molecule has 4 bridgehead atoms. The van der Waals surface area contributed by atoms with Gasteiger partial charge in [0.05, 0.1) is 5.69 Å². The molecule has 2 heterocycles. The summed E-state index contributed by atoms with van der Waals surface area (Å²) >= 11 is 3.95. The average molecular weight is 702 g/mol. The Morgan fingerprint density at radius 1 is 0.549 bits per heavy atom. The van der Waals surface area contributed by atoms with Crippen LogP contribution in [0.2, 0.25) is 0 Å². The monoisotopic (exact) mass is 701 g/mol. The fourth-order valence-corrected chi connectivity index (χ4v) is 14.5. The van der Waals surface area contributed by atoms with E-state index in [9.17, 15) is 0 Å². The number of rotatable bonds is 3. The quantitative estimate of drug-likeness (QED) is 0.181. The van der Waals surface area contributed by atoms with Gasteiger partial charge >= 0.3 is 0 Å². The predicted octanol–water partition coefficient (Wildman–Crippen LogP) is 14.1. The summed E-state index contributed by atoms with van der Waals surface area (Å²) in [6.45, 7) is 9.82. The molecule has 4 fully saturated rings. The Morgan fingerprint density at radius 2 is 1.20 bits per heavy atom. The number of hydrogen-bond donors (Lipinski definition) is 0. The third kappa shape index (κ3) is 4.34. The molecule has 1 spiro atoms. The number of thiophene rings is 1. The second kappa shape index (κ2) is 10.8. The first-order valence-corrected chi connectivity index (χ1v) is 21.1. The van der Waals surface area contributed by atoms with Gasteiger partial charge in [0.1, 0.15) is 0 Å². The lowest BCUT2D eigenvalue weighted by Gasteiger charge is -2.63. The third-order valence-corrected chi connectivity index (χ3v) is 16.7. The van der Waals surface area contributed by atoms with Crippen molar-refractivity contribution < 1.29 is 0 Å². The van der Waals surface area contributed by atoms with Gasteiger partial charge in [-0.2, -0.15) is 0 Å². The van der Waals surface area contributed by atoms with E-state index in [4.69, 9.17) is 0 Å². The number of hydrogen-bond acceptors (Lipinski definition) is 3. The van der Waals surface area contributed by atoms with Crippen LogP contribution in [0.5, 0.6) is 0 Å². The Balaban J connectivity index is 1.17. The minimum absolute atomic E-state index is 0.113. The summed E-state index contributed by atoms with van der Waals surface area (Å²) in [7, 11) is 0. The van der Waals surface area contributed by atoms with Crippen molar-refractivity contribution in [2.75, 3.05) is 4.90 Å². The van der Waals surface area contributed by atoms with Crippen molar-refractivity contribution in [3.05, 3.63) is 125 Å². The van der Waals surface area contributed by atoms with E-state index in [1.165, 1.54) is 103 Å². The second-order valence-electron chi connectivity index (χ2n) is 18.0. The van der Waals surface area contributed by atoms with Gasteiger partial charge in [-0.1, -0.05) is 94.1 Å². The normalized spacial score (nSPS) is 27.8. The molecule has 0 saturated heterocycles. The minimum atomic E-state index is 0.113. The highest BCUT2D eigenvalue weighted by molar-refractivity contribution is 7.99. The summed E-state index contributed by atoms with van der Waals surface area (Å²) in [5.74, 6) is 3.33. The van der Waals surface area contributed by atoms with Gasteiger partial charge in [-0.15, -0.1) is 11.3 Å². The molecule has 6 aromatic rings. The predicted molar refractivity (Wildman–Crippen MR) is 218 cm³/mol. The highest BCUT2D eigenvalue weighted by Crippen LogP contribution is 2.69. The first kappa shape index (κ1) is 31.0. The summed E-state index contributed by atoms with van der Waals surface area (Å²) in [6, 6.07) is 40.7. The Morgan fingerprint density at radius 3 is 2.00 bits per heavy atom. The van der Waals surface area contributed by atoms with Crippen molar-refractivity contribution in [2.24, 2.45) is 23.7 Å². The van der Waals surface area contributed by atoms with Gasteiger partial charge in [-0.05, 0) is 150 Å². The van der Waals surface area contributed by atoms with Crippen molar-refractivity contribution in [3.8, 4) is 0 Å². The van der Waals surface area contributed by atoms with E-state index < -0.39 is 0 Å². The Kier molecular flexibility index (Phi) is 6.55. The van der Waals surface area contributed by atoms with Gasteiger partial charge in [0.2, 0.25) is 0 Å². The topological polar surface area (TPSA) is 3.24 Å². The van der Waals surface area contributed by atoms with Crippen LogP contribution in [0.3, 0.4) is 0 Å². The molecule has 0 N–H and O–H groups in total. The van der Waals surface area contributed by atoms with Crippen molar-refractivity contribution in [3.63, 3.8) is 0 Å². The minimum Gasteiger partial charge on any atom is -0.309 e. The maximum Gasteiger partial charge on any atom is 0.0604 e. The molecule has 0 amide bonds. The lowest BCUT2D eigenvalue weighted by molar-refractivity contribution is -0.0443. The van der Waals surface area contributed by atoms with Crippen LogP contribution in [0.1, 0.15) is 94.9 Å². The Hall–Kier alpha value is -3.53. The maximum absolute atomic E-state index is 2.65. The Bertz CT molecular complexity index is 2360. The van der Waals surface area contributed by atoms with Gasteiger partial charge in [0, 0.05) is 46.8 Å². The molecular formula is C48H47NS2. The van der Waals surface area contributed by atoms with Gasteiger partial charge in [-0.25, -0.2) is 0 Å². The van der Waals surface area contributed by atoms with Gasteiger partial charge in [0.15, 0.2) is 0 Å². The van der Waals surface area contributed by atoms with Crippen LogP contribution in [0.4, 0.5) is 17.1 Å². The standard InChI is InChI=1S/C48H47NS2/c1-46(2)20-21-47(3,4)40-28-34(16-18-37(40)46)49(33-17-19-43-36(27-33)35-10-5-7-14-42(35)50-43)41-13-9-12-39-45(41)51-44-15-8-6-11-38(44)48(39)31-23-29-22-30(25-31)26-32(48)24-29/h5-19,27-32H,20-26H2,1-4H3. The number of fused-ring (bicyclic) bond motifs is 6. The van der Waals surface area contributed by atoms with Crippen molar-refractivity contribution >= 4 is 60.3 Å². The summed E-state index contributed by atoms with van der Waals surface area (Å²) in [6.07, 6.45) is 9.52. The molecule has 0 atom stereocenters. The van der Waals surface area contributed by atoms with Gasteiger partial charge < -0.3 is 4.90 Å². The highest BCUT2D eigenvalue weighted by Gasteiger charge is 2.61. The molecule has 12 rings (SSSR count). The molecule has 5 aliphatic carbocycles. The zero-order valence-corrected chi connectivity index (χ0v) is 32.0. The molecule has 1 aromatic heterocycles. The largest absolute Gasteiger partial charge is 0.309 e. The van der Waals surface area contributed by atoms with E-state index in [0.29, 0.717) is 0 Å². The number of benzene rings is 5. The molecule has 1 nitrogen and oxygen atoms in total. The van der Waals surface area contributed by atoms with E-state index >= 15 is 0 Å². The highest BCUT2D eigenvalue weighted by atomic mass is 32.2. The first-order valence-electron chi connectivity index (χ1n) is 19.5. The maximum atomic E-state index is 2.65. The van der Waals surface area contributed by atoms with E-state index in [1.807, 2.05) is 23.1 Å². The number of nitrogens with zero attached hydrogens (tertiary/aromatic N) is 1. The van der Waals surface area contributed by atoms with Crippen molar-refractivity contribution in [1.82, 2.24) is 0 Å². The van der Waals surface area contributed by atoms with E-state index in [2.05, 4.69) is 136 Å². The molecule has 4 saturated carbocycles. The summed E-state index contributed by atoms with van der Waals surface area (Å²) in [5.41, 5.74) is 10.6. The van der Waals surface area contributed by atoms with Crippen LogP contribution in [0.15, 0.2) is 113 Å². The molecule has 256 valence electrons. The molecule has 1 aliphatic heterocycles. The molecule has 0 unspecified atom stereocenters. The zero-order chi connectivity index (χ0) is 34.3. The van der Waals surface area contributed by atoms with E-state index in [1.54, 1.807) is 11.1 Å². The van der Waals surface area contributed by atoms with Crippen LogP contribution in [-0.2, 0) is 16.2 Å². The molecule has 5 aromatic carbocycles. The summed E-state index contributed by atoms with van der Waals surface area (Å²) < 4.78 is 2.72. The van der Waals surface area contributed by atoms with Gasteiger partial charge in [-0.3, -0.25) is 0 Å². The Labute approximate surface area is 311 Å². The second-order valence-corrected chi connectivity index (χ2v) is 20.2. The van der Waals surface area contributed by atoms with Crippen molar-refractivity contribution in [2.45, 2.75) is 98.7 Å². The zero-order valence-electron chi connectivity index (χ0n) is 30.3. The van der Waals surface area contributed by atoms with Crippen molar-refractivity contribution in [1.29, 1.82) is 0 Å². The molecular weight excluding hydrogens is 655 g/mol. The molecule has 3 heteroatoms. The van der Waals surface area contributed by atoms with Crippen LogP contribution >= 0.6 is 23.1 Å². The van der Waals surface area contributed by atoms with Crippen LogP contribution in [0, 0.1) is 23.7 Å². The fraction of sp³-hybridized carbons (Fsp3) is 0.375. The molecule has 0 radical (unpaired) electrons. The smallest absolute Gasteiger partial charge is 0.0604 e. The SMILES string of the molecule is CC1(C)CCC(C)(C)c2cc(N(c3ccc4sc5ccccc5c4c3)c3cccc4c3Sc3ccccc3C43C4CC5CC(C4)CC3C5)ccc21. The summed E-state index contributed by atoms with van der Waals surface area (Å²) in [5, 5.41) is 2.72. The van der Waals surface area contributed by atoms with Crippen LogP contribution < -0.4 is 4.90 Å². The average Bonchev–Trinajstić information content (AvgIpc) is 3.50. The third-order valence-electron chi connectivity index (χ3n) is 14.4. The van der Waals surface area contributed by atoms with E-state index in [0.717, 1.165) is 23.7 Å². The van der Waals surface area contributed by atoms with E-state index in [-0.39, 0.29) is 16.2 Å². The van der Waals surface area contributed by atoms with Gasteiger partial charge in [0.25, 0.3) is 0 Å². The first-order chi connectivity index (χ1) is 24.7. The molecule has 6 aliphatic rings. The lowest BCUT2D eigenvalue weighted by atomic mass is 9.42. The van der Waals surface area contributed by atoms with Crippen LogP contribution in [0.25, 0.3) is 20.2 Å². The lowest BCUT2D eigenvalue weighted by Crippen LogP contribution is -2.57. The molecule has 51 heavy (non-hydrogen) atoms. The summed E-state index contributed by atoms with van der Waals surface area (Å²) in [4.78, 5) is 5.61. The number of anilines is 3. The fourth-order valence-electron chi connectivity index (χ4n) is 12.1. The van der Waals surface area contributed by atoms with Crippen LogP contribution in [-0.4, -0.2) is 0 Å².